The Balaban J connectivity index is 1.75. The highest BCUT2D eigenvalue weighted by Gasteiger charge is 2.10. The zero-order chi connectivity index (χ0) is 18.2. The number of carbonyl (C=O) groups excluding carboxylic acids is 2. The molecule has 5 nitrogen and oxygen atoms in total. The summed E-state index contributed by atoms with van der Waals surface area (Å²) in [5.74, 6) is 0.633. The van der Waals surface area contributed by atoms with E-state index >= 15 is 0 Å². The molecule has 0 bridgehead atoms. The van der Waals surface area contributed by atoms with E-state index in [1.807, 2.05) is 50.4 Å². The van der Waals surface area contributed by atoms with Gasteiger partial charge in [0.05, 0.1) is 24.0 Å². The van der Waals surface area contributed by atoms with Crippen molar-refractivity contribution in [1.82, 2.24) is 4.98 Å². The minimum Gasteiger partial charge on any atom is -0.462 e. The Hall–Kier alpha value is -1.86. The average molecular weight is 379 g/mol. The zero-order valence-electron chi connectivity index (χ0n) is 14.6. The van der Waals surface area contributed by atoms with Crippen molar-refractivity contribution in [2.75, 3.05) is 11.1 Å². The van der Waals surface area contributed by atoms with E-state index < -0.39 is 0 Å². The van der Waals surface area contributed by atoms with E-state index in [1.165, 1.54) is 23.1 Å². The Labute approximate surface area is 156 Å². The van der Waals surface area contributed by atoms with Gasteiger partial charge in [0.2, 0.25) is 5.91 Å². The summed E-state index contributed by atoms with van der Waals surface area (Å²) in [7, 11) is 0. The zero-order valence-corrected chi connectivity index (χ0v) is 16.2. The summed E-state index contributed by atoms with van der Waals surface area (Å²) < 4.78 is 5.08. The van der Waals surface area contributed by atoms with Crippen molar-refractivity contribution in [2.24, 2.45) is 0 Å². The van der Waals surface area contributed by atoms with Crippen molar-refractivity contribution >= 4 is 40.7 Å². The smallest absolute Gasteiger partial charge is 0.316 e. The van der Waals surface area contributed by atoms with Gasteiger partial charge >= 0.3 is 5.97 Å². The van der Waals surface area contributed by atoms with Crippen LogP contribution in [0.1, 0.15) is 30.1 Å². The largest absolute Gasteiger partial charge is 0.462 e. The van der Waals surface area contributed by atoms with Crippen LogP contribution in [0.15, 0.2) is 29.6 Å². The first kappa shape index (κ1) is 19.5. The molecule has 1 aromatic carbocycles. The highest BCUT2D eigenvalue weighted by molar-refractivity contribution is 7.99. The first-order valence-electron chi connectivity index (χ1n) is 7.99. The molecule has 0 aliphatic carbocycles. The van der Waals surface area contributed by atoms with E-state index in [1.54, 1.807) is 0 Å². The number of aromatic nitrogens is 1. The van der Waals surface area contributed by atoms with Crippen LogP contribution in [0.3, 0.4) is 0 Å². The number of amides is 1. The first-order valence-corrected chi connectivity index (χ1v) is 10.0. The van der Waals surface area contributed by atoms with Crippen LogP contribution in [0.5, 0.6) is 0 Å². The maximum Gasteiger partial charge on any atom is 0.316 e. The molecule has 25 heavy (non-hydrogen) atoms. The molecule has 2 aromatic rings. The summed E-state index contributed by atoms with van der Waals surface area (Å²) in [6, 6.07) is 7.68. The average Bonchev–Trinajstić information content (AvgIpc) is 2.96. The van der Waals surface area contributed by atoms with Gasteiger partial charge in [-0.1, -0.05) is 17.7 Å². The van der Waals surface area contributed by atoms with Gasteiger partial charge in [-0.25, -0.2) is 4.98 Å². The van der Waals surface area contributed by atoms with Crippen molar-refractivity contribution < 1.29 is 14.3 Å². The highest BCUT2D eigenvalue weighted by atomic mass is 32.2. The molecule has 0 radical (unpaired) electrons. The van der Waals surface area contributed by atoms with Crippen molar-refractivity contribution in [1.29, 1.82) is 0 Å². The standard InChI is InChI=1S/C18H22N2O3S2/c1-12(2)23-18(22)11-24-9-15-10-25-17(20-15)8-16(21)19-14-6-4-13(3)5-7-14/h4-7,10,12H,8-9,11H2,1-3H3,(H,19,21). The van der Waals surface area contributed by atoms with E-state index in [4.69, 9.17) is 4.74 Å². The number of ether oxygens (including phenoxy) is 1. The van der Waals surface area contributed by atoms with E-state index in [0.717, 1.165) is 22.0 Å². The van der Waals surface area contributed by atoms with Gasteiger partial charge < -0.3 is 10.1 Å². The lowest BCUT2D eigenvalue weighted by atomic mass is 10.2. The molecule has 1 amide bonds. The second-order valence-corrected chi connectivity index (χ2v) is 7.78. The molecule has 2 rings (SSSR count). The fraction of sp³-hybridized carbons (Fsp3) is 0.389. The number of nitrogens with zero attached hydrogens (tertiary/aromatic N) is 1. The van der Waals surface area contributed by atoms with Gasteiger partial charge in [0, 0.05) is 16.8 Å². The fourth-order valence-corrected chi connectivity index (χ4v) is 3.60. The van der Waals surface area contributed by atoms with E-state index in [0.29, 0.717) is 11.5 Å². The summed E-state index contributed by atoms with van der Waals surface area (Å²) in [6.07, 6.45) is 0.157. The Kier molecular flexibility index (Phi) is 7.46. The molecule has 0 saturated carbocycles. The highest BCUT2D eigenvalue weighted by Crippen LogP contribution is 2.17. The topological polar surface area (TPSA) is 68.3 Å². The summed E-state index contributed by atoms with van der Waals surface area (Å²) in [5, 5.41) is 5.56. The maximum absolute atomic E-state index is 12.1. The third-order valence-electron chi connectivity index (χ3n) is 3.08. The molecule has 0 saturated heterocycles. The molecule has 0 aliphatic rings. The van der Waals surface area contributed by atoms with Crippen molar-refractivity contribution in [2.45, 2.75) is 39.0 Å². The summed E-state index contributed by atoms with van der Waals surface area (Å²) in [4.78, 5) is 28.0. The minimum absolute atomic E-state index is 0.0853. The van der Waals surface area contributed by atoms with Gasteiger partial charge in [-0.15, -0.1) is 23.1 Å². The summed E-state index contributed by atoms with van der Waals surface area (Å²) in [5.41, 5.74) is 2.81. The van der Waals surface area contributed by atoms with Crippen molar-refractivity contribution in [3.05, 3.63) is 45.9 Å². The van der Waals surface area contributed by atoms with Crippen LogP contribution in [-0.4, -0.2) is 28.7 Å². The van der Waals surface area contributed by atoms with Gasteiger partial charge in [0.1, 0.15) is 5.01 Å². The number of hydrogen-bond donors (Lipinski definition) is 1. The molecule has 1 N–H and O–H groups in total. The number of carbonyl (C=O) groups is 2. The quantitative estimate of drug-likeness (QED) is 0.707. The van der Waals surface area contributed by atoms with Gasteiger partial charge in [-0.2, -0.15) is 0 Å². The minimum atomic E-state index is -0.215. The lowest BCUT2D eigenvalue weighted by Gasteiger charge is -2.06. The number of anilines is 1. The molecule has 1 aromatic heterocycles. The molecule has 134 valence electrons. The van der Waals surface area contributed by atoms with E-state index in [-0.39, 0.29) is 24.4 Å². The molecule has 1 heterocycles. The summed E-state index contributed by atoms with van der Waals surface area (Å²) >= 11 is 2.92. The number of nitrogens with one attached hydrogen (secondary N) is 1. The molecule has 0 aliphatic heterocycles. The van der Waals surface area contributed by atoms with Crippen LogP contribution in [0.2, 0.25) is 0 Å². The Bertz CT molecular complexity index is 711. The van der Waals surface area contributed by atoms with Crippen LogP contribution in [0.25, 0.3) is 0 Å². The normalized spacial score (nSPS) is 10.7. The van der Waals surface area contributed by atoms with Crippen LogP contribution in [0.4, 0.5) is 5.69 Å². The monoisotopic (exact) mass is 378 g/mol. The number of rotatable bonds is 8. The Morgan fingerprint density at radius 3 is 2.68 bits per heavy atom. The van der Waals surface area contributed by atoms with Gasteiger partial charge in [-0.05, 0) is 32.9 Å². The maximum atomic E-state index is 12.1. The predicted molar refractivity (Wildman–Crippen MR) is 103 cm³/mol. The van der Waals surface area contributed by atoms with Gasteiger partial charge in [-0.3, -0.25) is 9.59 Å². The SMILES string of the molecule is Cc1ccc(NC(=O)Cc2nc(CSCC(=O)OC(C)C)cs2)cc1. The number of thiazole rings is 1. The van der Waals surface area contributed by atoms with Crippen LogP contribution in [0, 0.1) is 6.92 Å². The predicted octanol–water partition coefficient (Wildman–Crippen LogP) is 3.82. The fourth-order valence-electron chi connectivity index (χ4n) is 2.01. The van der Waals surface area contributed by atoms with Gasteiger partial charge in [0.15, 0.2) is 0 Å². The molecule has 0 fully saturated rings. The third kappa shape index (κ3) is 7.27. The van der Waals surface area contributed by atoms with E-state index in [9.17, 15) is 9.59 Å². The third-order valence-corrected chi connectivity index (χ3v) is 4.92. The van der Waals surface area contributed by atoms with Crippen LogP contribution in [-0.2, 0) is 26.5 Å². The van der Waals surface area contributed by atoms with Crippen LogP contribution < -0.4 is 5.32 Å². The lowest BCUT2D eigenvalue weighted by Crippen LogP contribution is -2.14. The number of esters is 1. The van der Waals surface area contributed by atoms with E-state index in [2.05, 4.69) is 10.3 Å². The number of aryl methyl sites for hydroxylation is 1. The lowest BCUT2D eigenvalue weighted by molar-refractivity contribution is -0.144. The van der Waals surface area contributed by atoms with Gasteiger partial charge in [0.25, 0.3) is 0 Å². The number of hydrogen-bond acceptors (Lipinski definition) is 6. The van der Waals surface area contributed by atoms with Crippen molar-refractivity contribution in [3.63, 3.8) is 0 Å². The molecule has 0 spiro atoms. The summed E-state index contributed by atoms with van der Waals surface area (Å²) in [6.45, 7) is 5.66. The molecule has 7 heteroatoms. The Morgan fingerprint density at radius 2 is 2.00 bits per heavy atom. The number of benzene rings is 1. The molecular formula is C18H22N2O3S2. The molecule has 0 unspecified atom stereocenters. The van der Waals surface area contributed by atoms with Crippen LogP contribution >= 0.6 is 23.1 Å². The molecule has 0 atom stereocenters. The number of thioether (sulfide) groups is 1. The second kappa shape index (κ2) is 9.58. The second-order valence-electron chi connectivity index (χ2n) is 5.85. The first-order chi connectivity index (χ1) is 11.9. The van der Waals surface area contributed by atoms with Crippen molar-refractivity contribution in [3.8, 4) is 0 Å². The Morgan fingerprint density at radius 1 is 1.28 bits per heavy atom. The molecular weight excluding hydrogens is 356 g/mol.